The van der Waals surface area contributed by atoms with Crippen LogP contribution in [0.15, 0.2) is 176 Å². The van der Waals surface area contributed by atoms with Crippen LogP contribution in [0.5, 0.6) is 0 Å². The van der Waals surface area contributed by atoms with E-state index >= 15 is 0 Å². The lowest BCUT2D eigenvalue weighted by atomic mass is 9.89. The molecule has 3 nitrogen and oxygen atoms in total. The number of rotatable bonds is 6. The van der Waals surface area contributed by atoms with Crippen molar-refractivity contribution in [3.8, 4) is 66.8 Å². The lowest BCUT2D eigenvalue weighted by Gasteiger charge is -2.15. The van der Waals surface area contributed by atoms with E-state index in [1.807, 2.05) is 48.0 Å². The van der Waals surface area contributed by atoms with E-state index < -0.39 is 0 Å². The summed E-state index contributed by atoms with van der Waals surface area (Å²) < 4.78 is 2.51. The maximum absolute atomic E-state index is 7.40. The number of hydrogen-bond acceptors (Lipinski definition) is 3. The number of nitrogens with zero attached hydrogens (tertiary/aromatic N) is 3. The highest BCUT2D eigenvalue weighted by atomic mass is 32.1. The number of thiophene rings is 1. The van der Waals surface area contributed by atoms with Gasteiger partial charge in [0, 0.05) is 50.5 Å². The van der Waals surface area contributed by atoms with Crippen LogP contribution in [0, 0.1) is 6.57 Å². The molecule has 0 fully saturated rings. The monoisotopic (exact) mass is 667 g/mol. The quantitative estimate of drug-likeness (QED) is 0.165. The van der Waals surface area contributed by atoms with E-state index in [2.05, 4.69) is 142 Å². The predicted molar refractivity (Wildman–Crippen MR) is 214 cm³/mol. The predicted octanol–water partition coefficient (Wildman–Crippen LogP) is 13.4. The normalized spacial score (nSPS) is 11.1. The summed E-state index contributed by atoms with van der Waals surface area (Å²) in [5.74, 6) is 0. The molecule has 0 aliphatic carbocycles. The fourth-order valence-electron chi connectivity index (χ4n) is 6.94. The topological polar surface area (TPSA) is 30.1 Å². The number of aromatic nitrogens is 2. The first-order valence-electron chi connectivity index (χ1n) is 16.8. The number of hydrogen-bond donors (Lipinski definition) is 0. The molecule has 0 aliphatic heterocycles. The number of pyridine rings is 2. The maximum Gasteiger partial charge on any atom is 0.187 e. The van der Waals surface area contributed by atoms with Crippen molar-refractivity contribution in [2.24, 2.45) is 0 Å². The zero-order valence-corrected chi connectivity index (χ0v) is 28.3. The minimum atomic E-state index is 0.650. The summed E-state index contributed by atoms with van der Waals surface area (Å²) in [4.78, 5) is 12.2. The Labute approximate surface area is 300 Å². The molecule has 9 aromatic rings. The summed E-state index contributed by atoms with van der Waals surface area (Å²) in [5.41, 5.74) is 14.5. The average molecular weight is 668 g/mol. The summed E-state index contributed by atoms with van der Waals surface area (Å²) in [5, 5.41) is 2.49. The third-order valence-electron chi connectivity index (χ3n) is 9.55. The minimum Gasteiger partial charge on any atom is -0.264 e. The Balaban J connectivity index is 1.21. The van der Waals surface area contributed by atoms with Gasteiger partial charge in [-0.05, 0) is 79.4 Å². The highest BCUT2D eigenvalue weighted by Crippen LogP contribution is 2.46. The van der Waals surface area contributed by atoms with E-state index in [0.717, 1.165) is 44.5 Å². The third kappa shape index (κ3) is 5.66. The van der Waals surface area contributed by atoms with Crippen LogP contribution < -0.4 is 0 Å². The third-order valence-corrected chi connectivity index (χ3v) is 10.8. The molecule has 0 N–H and O–H groups in total. The first-order chi connectivity index (χ1) is 25.2. The van der Waals surface area contributed by atoms with Gasteiger partial charge in [-0.15, -0.1) is 11.3 Å². The van der Waals surface area contributed by atoms with Gasteiger partial charge < -0.3 is 0 Å². The molecular weight excluding hydrogens is 639 g/mol. The molecule has 0 spiro atoms. The maximum atomic E-state index is 7.40. The van der Waals surface area contributed by atoms with Gasteiger partial charge in [-0.1, -0.05) is 133 Å². The highest BCUT2D eigenvalue weighted by molar-refractivity contribution is 7.26. The molecule has 3 aromatic heterocycles. The molecule has 0 saturated carbocycles. The summed E-state index contributed by atoms with van der Waals surface area (Å²) in [7, 11) is 0. The first kappa shape index (κ1) is 30.4. The molecule has 4 heteroatoms. The molecule has 3 heterocycles. The molecule has 0 bridgehead atoms. The molecule has 6 aromatic carbocycles. The second-order valence-corrected chi connectivity index (χ2v) is 13.5. The molecule has 0 saturated heterocycles. The molecule has 0 aliphatic rings. The first-order valence-corrected chi connectivity index (χ1v) is 17.6. The SMILES string of the molecule is [C-]#[N+]c1ccc(-c2cccc3c2sc2c(-c4cc(-c5ccc(-c6cccnc6)cc5)ccc4-c4ccc(-c5cccnc5)cc4)cccc23)cc1. The van der Waals surface area contributed by atoms with Gasteiger partial charge in [-0.3, -0.25) is 9.97 Å². The Hall–Kier alpha value is -6.67. The Bertz CT molecular complexity index is 2710. The highest BCUT2D eigenvalue weighted by Gasteiger charge is 2.17. The van der Waals surface area contributed by atoms with Crippen molar-refractivity contribution >= 4 is 37.2 Å². The largest absolute Gasteiger partial charge is 0.264 e. The van der Waals surface area contributed by atoms with Crippen molar-refractivity contribution in [3.63, 3.8) is 0 Å². The van der Waals surface area contributed by atoms with Crippen molar-refractivity contribution in [1.82, 2.24) is 9.97 Å². The Morgan fingerprint density at radius 1 is 0.392 bits per heavy atom. The molecule has 0 unspecified atom stereocenters. The van der Waals surface area contributed by atoms with E-state index in [9.17, 15) is 0 Å². The standard InChI is InChI=1S/C47H29N3S/c1-48-39-23-20-35(21-24-39)41-8-2-9-42-43-10-3-11-44(47(43)51-46(41)42)45-28-36(31-12-14-32(15-13-31)37-6-4-26-49-29-37)22-25-40(45)34-18-16-33(17-19-34)38-7-5-27-50-30-38/h2-30H. The van der Waals surface area contributed by atoms with Crippen LogP contribution in [-0.4, -0.2) is 9.97 Å². The molecule has 238 valence electrons. The van der Waals surface area contributed by atoms with Gasteiger partial charge >= 0.3 is 0 Å². The zero-order valence-electron chi connectivity index (χ0n) is 27.5. The van der Waals surface area contributed by atoms with Gasteiger partial charge in [0.25, 0.3) is 0 Å². The van der Waals surface area contributed by atoms with Crippen LogP contribution in [0.2, 0.25) is 0 Å². The van der Waals surface area contributed by atoms with Crippen LogP contribution in [0.4, 0.5) is 5.69 Å². The summed E-state index contributed by atoms with van der Waals surface area (Å²) in [6.45, 7) is 7.40. The van der Waals surface area contributed by atoms with Gasteiger partial charge in [0.1, 0.15) is 0 Å². The Morgan fingerprint density at radius 3 is 1.45 bits per heavy atom. The summed E-state index contributed by atoms with van der Waals surface area (Å²) in [6.07, 6.45) is 7.42. The second kappa shape index (κ2) is 13.0. The van der Waals surface area contributed by atoms with Gasteiger partial charge in [-0.25, -0.2) is 4.85 Å². The Kier molecular flexibility index (Phi) is 7.74. The smallest absolute Gasteiger partial charge is 0.187 e. The lowest BCUT2D eigenvalue weighted by molar-refractivity contribution is 1.33. The molecule has 9 rings (SSSR count). The molecule has 0 atom stereocenters. The van der Waals surface area contributed by atoms with E-state index in [4.69, 9.17) is 6.57 Å². The molecule has 0 amide bonds. The summed E-state index contributed by atoms with van der Waals surface area (Å²) >= 11 is 1.85. The van der Waals surface area contributed by atoms with Crippen molar-refractivity contribution in [2.45, 2.75) is 0 Å². The molecule has 0 radical (unpaired) electrons. The fourth-order valence-corrected chi connectivity index (χ4v) is 8.30. The van der Waals surface area contributed by atoms with Crippen LogP contribution in [0.25, 0.3) is 91.8 Å². The van der Waals surface area contributed by atoms with E-state index in [0.29, 0.717) is 5.69 Å². The number of benzene rings is 6. The van der Waals surface area contributed by atoms with Crippen molar-refractivity contribution < 1.29 is 0 Å². The fraction of sp³-hybridized carbons (Fsp3) is 0. The lowest BCUT2D eigenvalue weighted by Crippen LogP contribution is -1.89. The van der Waals surface area contributed by atoms with Crippen molar-refractivity contribution in [1.29, 1.82) is 0 Å². The van der Waals surface area contributed by atoms with Gasteiger partial charge in [0.15, 0.2) is 5.69 Å². The average Bonchev–Trinajstić information content (AvgIpc) is 3.61. The molecular formula is C47H29N3S. The van der Waals surface area contributed by atoms with Crippen LogP contribution in [0.3, 0.4) is 0 Å². The van der Waals surface area contributed by atoms with Crippen LogP contribution >= 0.6 is 11.3 Å². The van der Waals surface area contributed by atoms with Crippen molar-refractivity contribution in [2.75, 3.05) is 0 Å². The Morgan fingerprint density at radius 2 is 0.882 bits per heavy atom. The zero-order chi connectivity index (χ0) is 34.1. The van der Waals surface area contributed by atoms with Gasteiger partial charge in [0.05, 0.1) is 6.57 Å². The minimum absolute atomic E-state index is 0.650. The number of fused-ring (bicyclic) bond motifs is 3. The van der Waals surface area contributed by atoms with E-state index in [1.54, 1.807) is 12.4 Å². The van der Waals surface area contributed by atoms with E-state index in [1.165, 1.54) is 42.4 Å². The second-order valence-electron chi connectivity index (χ2n) is 12.5. The van der Waals surface area contributed by atoms with Crippen molar-refractivity contribution in [3.05, 3.63) is 188 Å². The van der Waals surface area contributed by atoms with Gasteiger partial charge in [0.2, 0.25) is 0 Å². The molecule has 51 heavy (non-hydrogen) atoms. The van der Waals surface area contributed by atoms with E-state index in [-0.39, 0.29) is 0 Å². The van der Waals surface area contributed by atoms with Crippen LogP contribution in [-0.2, 0) is 0 Å². The summed E-state index contributed by atoms with van der Waals surface area (Å²) in [6, 6.07) is 53.8. The van der Waals surface area contributed by atoms with Gasteiger partial charge in [-0.2, -0.15) is 0 Å². The van der Waals surface area contributed by atoms with Crippen LogP contribution in [0.1, 0.15) is 0 Å².